The average molecular weight is 613 g/mol. The highest BCUT2D eigenvalue weighted by atomic mass is 15.2. The number of hydrogen-bond donors (Lipinski definition) is 0. The minimum absolute atomic E-state index is 0.500. The summed E-state index contributed by atoms with van der Waals surface area (Å²) in [6.07, 6.45) is 0. The van der Waals surface area contributed by atoms with Crippen LogP contribution in [0.25, 0.3) is 77.8 Å². The van der Waals surface area contributed by atoms with Gasteiger partial charge in [-0.15, -0.1) is 0 Å². The number of para-hydroxylation sites is 3. The number of nitriles is 2. The zero-order chi connectivity index (χ0) is 32.2. The lowest BCUT2D eigenvalue weighted by Gasteiger charge is -2.12. The molecule has 6 nitrogen and oxygen atoms in total. The highest BCUT2D eigenvalue weighted by Gasteiger charge is 2.22. The molecule has 0 radical (unpaired) electrons. The number of benzene rings is 6. The number of hydrogen-bond acceptors (Lipinski definition) is 4. The standard InChI is InChI=1S/C42H24N6/c43-25-27-10-8-12-29(22-27)35-24-36(30-13-9-11-28(23-30)26-44)46-42(45-35)48-38-19-7-5-17-34(38)40-39(48)21-20-33-32-16-4-6-18-37(32)47(41(33)40)31-14-2-1-3-15-31/h1-24H. The Bertz CT molecular complexity index is 2730. The van der Waals surface area contributed by atoms with Crippen molar-refractivity contribution in [2.75, 3.05) is 0 Å². The maximum atomic E-state index is 9.67. The molecule has 0 saturated carbocycles. The number of nitrogens with zero attached hydrogens (tertiary/aromatic N) is 6. The maximum absolute atomic E-state index is 9.67. The van der Waals surface area contributed by atoms with Crippen LogP contribution in [0.3, 0.4) is 0 Å². The van der Waals surface area contributed by atoms with Crippen LogP contribution in [-0.4, -0.2) is 19.1 Å². The summed E-state index contributed by atoms with van der Waals surface area (Å²) in [6.45, 7) is 0. The highest BCUT2D eigenvalue weighted by Crippen LogP contribution is 2.42. The third-order valence-electron chi connectivity index (χ3n) is 8.97. The molecule has 0 amide bonds. The van der Waals surface area contributed by atoms with E-state index in [1.807, 2.05) is 54.6 Å². The first kappa shape index (κ1) is 27.3. The van der Waals surface area contributed by atoms with Crippen molar-refractivity contribution >= 4 is 43.6 Å². The van der Waals surface area contributed by atoms with Gasteiger partial charge in [0.15, 0.2) is 0 Å². The molecule has 0 aliphatic carbocycles. The van der Waals surface area contributed by atoms with E-state index in [0.717, 1.165) is 49.7 Å². The van der Waals surface area contributed by atoms with Gasteiger partial charge in [0.1, 0.15) is 0 Å². The molecule has 0 bridgehead atoms. The second-order valence-corrected chi connectivity index (χ2v) is 11.7. The first-order chi connectivity index (χ1) is 23.7. The van der Waals surface area contributed by atoms with Gasteiger partial charge in [-0.1, -0.05) is 84.9 Å². The largest absolute Gasteiger partial charge is 0.309 e. The minimum atomic E-state index is 0.500. The molecule has 0 atom stereocenters. The predicted octanol–water partition coefficient (Wildman–Crippen LogP) is 9.75. The molecular formula is C42H24N6. The molecule has 0 fully saturated rings. The van der Waals surface area contributed by atoms with Crippen LogP contribution in [-0.2, 0) is 0 Å². The fourth-order valence-corrected chi connectivity index (χ4v) is 6.90. The fraction of sp³-hybridized carbons (Fsp3) is 0. The number of fused-ring (bicyclic) bond motifs is 7. The molecule has 0 unspecified atom stereocenters. The Morgan fingerprint density at radius 3 is 1.69 bits per heavy atom. The Kier molecular flexibility index (Phi) is 6.15. The summed E-state index contributed by atoms with van der Waals surface area (Å²) in [7, 11) is 0. The summed E-state index contributed by atoms with van der Waals surface area (Å²) in [5.74, 6) is 0.500. The van der Waals surface area contributed by atoms with E-state index >= 15 is 0 Å². The zero-order valence-electron chi connectivity index (χ0n) is 25.5. The lowest BCUT2D eigenvalue weighted by molar-refractivity contribution is 0.995. The first-order valence-corrected chi connectivity index (χ1v) is 15.6. The van der Waals surface area contributed by atoms with Crippen LogP contribution >= 0.6 is 0 Å². The van der Waals surface area contributed by atoms with Gasteiger partial charge < -0.3 is 4.57 Å². The van der Waals surface area contributed by atoms with E-state index < -0.39 is 0 Å². The molecule has 3 heterocycles. The summed E-state index contributed by atoms with van der Waals surface area (Å²) >= 11 is 0. The van der Waals surface area contributed by atoms with Crippen LogP contribution in [0.2, 0.25) is 0 Å². The van der Waals surface area contributed by atoms with E-state index in [-0.39, 0.29) is 0 Å². The summed E-state index contributed by atoms with van der Waals surface area (Å²) in [4.78, 5) is 10.3. The summed E-state index contributed by atoms with van der Waals surface area (Å²) < 4.78 is 4.49. The molecular weight excluding hydrogens is 589 g/mol. The van der Waals surface area contributed by atoms with Gasteiger partial charge in [0.25, 0.3) is 0 Å². The third kappa shape index (κ3) is 4.18. The molecule has 9 rings (SSSR count). The molecule has 6 heteroatoms. The molecule has 0 aliphatic rings. The lowest BCUT2D eigenvalue weighted by Crippen LogP contribution is -2.04. The third-order valence-corrected chi connectivity index (χ3v) is 8.97. The van der Waals surface area contributed by atoms with Gasteiger partial charge in [-0.25, -0.2) is 9.97 Å². The van der Waals surface area contributed by atoms with Crippen LogP contribution in [0.15, 0.2) is 146 Å². The van der Waals surface area contributed by atoms with Crippen molar-refractivity contribution in [3.05, 3.63) is 157 Å². The van der Waals surface area contributed by atoms with E-state index in [9.17, 15) is 10.5 Å². The van der Waals surface area contributed by atoms with Crippen LogP contribution in [0.1, 0.15) is 11.1 Å². The van der Waals surface area contributed by atoms with Crippen molar-refractivity contribution in [1.82, 2.24) is 19.1 Å². The fourth-order valence-electron chi connectivity index (χ4n) is 6.90. The maximum Gasteiger partial charge on any atom is 0.235 e. The normalized spacial score (nSPS) is 11.3. The van der Waals surface area contributed by atoms with Gasteiger partial charge >= 0.3 is 0 Å². The second-order valence-electron chi connectivity index (χ2n) is 11.7. The molecule has 0 spiro atoms. The van der Waals surface area contributed by atoms with Gasteiger partial charge in [-0.3, -0.25) is 4.57 Å². The Balaban J connectivity index is 1.41. The molecule has 6 aromatic carbocycles. The van der Waals surface area contributed by atoms with E-state index in [0.29, 0.717) is 28.5 Å². The van der Waals surface area contributed by atoms with Crippen LogP contribution in [0.4, 0.5) is 0 Å². The Labute approximate surface area is 275 Å². The number of aromatic nitrogens is 4. The van der Waals surface area contributed by atoms with E-state index in [2.05, 4.69) is 100 Å². The Morgan fingerprint density at radius 1 is 0.458 bits per heavy atom. The van der Waals surface area contributed by atoms with Crippen molar-refractivity contribution in [3.8, 4) is 46.3 Å². The predicted molar refractivity (Wildman–Crippen MR) is 191 cm³/mol. The van der Waals surface area contributed by atoms with Gasteiger partial charge in [-0.05, 0) is 60.7 Å². The SMILES string of the molecule is N#Cc1cccc(-c2cc(-c3cccc(C#N)c3)nc(-n3c4ccccc4c4c3ccc3c5ccccc5n(-c5ccccc5)c34)n2)c1. The second kappa shape index (κ2) is 10.8. The molecule has 48 heavy (non-hydrogen) atoms. The highest BCUT2D eigenvalue weighted by molar-refractivity contribution is 6.26. The molecule has 222 valence electrons. The van der Waals surface area contributed by atoms with E-state index in [4.69, 9.17) is 9.97 Å². The molecule has 0 N–H and O–H groups in total. The lowest BCUT2D eigenvalue weighted by atomic mass is 10.0. The van der Waals surface area contributed by atoms with Crippen LogP contribution in [0.5, 0.6) is 0 Å². The smallest absolute Gasteiger partial charge is 0.235 e. The summed E-state index contributed by atoms with van der Waals surface area (Å²) in [5.41, 5.74) is 9.37. The Morgan fingerprint density at radius 2 is 1.04 bits per heavy atom. The van der Waals surface area contributed by atoms with Gasteiger partial charge in [0.2, 0.25) is 5.95 Å². The van der Waals surface area contributed by atoms with Crippen LogP contribution in [0, 0.1) is 22.7 Å². The van der Waals surface area contributed by atoms with Crippen molar-refractivity contribution in [2.24, 2.45) is 0 Å². The Hall–Kier alpha value is -7.02. The average Bonchev–Trinajstić information content (AvgIpc) is 3.68. The van der Waals surface area contributed by atoms with Crippen molar-refractivity contribution < 1.29 is 0 Å². The molecule has 0 aliphatic heterocycles. The zero-order valence-corrected chi connectivity index (χ0v) is 25.5. The van der Waals surface area contributed by atoms with E-state index in [1.54, 1.807) is 12.1 Å². The summed E-state index contributed by atoms with van der Waals surface area (Å²) in [6, 6.07) is 53.1. The van der Waals surface area contributed by atoms with Gasteiger partial charge in [0, 0.05) is 38.4 Å². The summed E-state index contributed by atoms with van der Waals surface area (Å²) in [5, 5.41) is 23.9. The molecule has 3 aromatic heterocycles. The monoisotopic (exact) mass is 612 g/mol. The van der Waals surface area contributed by atoms with Gasteiger partial charge in [0.05, 0.1) is 56.7 Å². The van der Waals surface area contributed by atoms with Crippen molar-refractivity contribution in [1.29, 1.82) is 10.5 Å². The van der Waals surface area contributed by atoms with E-state index in [1.165, 1.54) is 10.8 Å². The number of rotatable bonds is 4. The van der Waals surface area contributed by atoms with Crippen LogP contribution < -0.4 is 0 Å². The quantitative estimate of drug-likeness (QED) is 0.198. The topological polar surface area (TPSA) is 83.2 Å². The minimum Gasteiger partial charge on any atom is -0.309 e. The molecule has 9 aromatic rings. The van der Waals surface area contributed by atoms with Crippen molar-refractivity contribution in [2.45, 2.75) is 0 Å². The molecule has 0 saturated heterocycles. The van der Waals surface area contributed by atoms with Crippen molar-refractivity contribution in [3.63, 3.8) is 0 Å². The van der Waals surface area contributed by atoms with Gasteiger partial charge in [-0.2, -0.15) is 10.5 Å². The first-order valence-electron chi connectivity index (χ1n) is 15.6.